The molecule has 0 saturated carbocycles. The highest BCUT2D eigenvalue weighted by molar-refractivity contribution is 6.00. The van der Waals surface area contributed by atoms with Crippen molar-refractivity contribution in [1.82, 2.24) is 9.13 Å². The first kappa shape index (κ1) is 19.7. The summed E-state index contributed by atoms with van der Waals surface area (Å²) in [6, 6.07) is 13.2. The average Bonchev–Trinajstić information content (AvgIpc) is 2.75. The summed E-state index contributed by atoms with van der Waals surface area (Å²) in [5.74, 6) is -1.14. The number of hydrogen-bond donors (Lipinski definition) is 2. The van der Waals surface area contributed by atoms with Crippen molar-refractivity contribution in [3.8, 4) is 0 Å². The largest absolute Gasteiger partial charge is 0.512 e. The average molecular weight is 405 g/mol. The van der Waals surface area contributed by atoms with Crippen LogP contribution in [-0.4, -0.2) is 20.0 Å². The van der Waals surface area contributed by atoms with Crippen LogP contribution in [0.5, 0.6) is 0 Å². The molecule has 0 spiro atoms. The van der Waals surface area contributed by atoms with Gasteiger partial charge in [-0.15, -0.1) is 0 Å². The minimum atomic E-state index is -0.880. The maximum Gasteiger partial charge on any atom is 0.332 e. The van der Waals surface area contributed by atoms with Gasteiger partial charge in [-0.2, -0.15) is 0 Å². The third-order valence-electron chi connectivity index (χ3n) is 5.89. The number of anilines is 1. The molecule has 1 aliphatic rings. The van der Waals surface area contributed by atoms with Gasteiger partial charge in [0.2, 0.25) is 0 Å². The Morgan fingerprint density at radius 1 is 0.967 bits per heavy atom. The predicted octanol–water partition coefficient (Wildman–Crippen LogP) is 2.52. The van der Waals surface area contributed by atoms with Crippen LogP contribution in [0.25, 0.3) is 10.8 Å². The Balaban J connectivity index is 2.16. The fraction of sp³-hybridized carbons (Fsp3) is 0.261. The van der Waals surface area contributed by atoms with Crippen LogP contribution in [0.15, 0.2) is 63.4 Å². The highest BCUT2D eigenvalue weighted by atomic mass is 16.3. The van der Waals surface area contributed by atoms with Crippen LogP contribution < -0.4 is 17.0 Å². The third kappa shape index (κ3) is 2.94. The SMILES string of the molecule is Cn1c(N)c(C(C2=C(O)CCCC2=O)c2cccc3ccccc23)c(=O)n(C)c1=O. The van der Waals surface area contributed by atoms with E-state index < -0.39 is 17.2 Å². The smallest absolute Gasteiger partial charge is 0.332 e. The van der Waals surface area contributed by atoms with Gasteiger partial charge in [0, 0.05) is 32.5 Å². The summed E-state index contributed by atoms with van der Waals surface area (Å²) >= 11 is 0. The van der Waals surface area contributed by atoms with E-state index in [4.69, 9.17) is 5.73 Å². The van der Waals surface area contributed by atoms with E-state index in [9.17, 15) is 19.5 Å². The number of nitrogens with two attached hydrogens (primary N) is 1. The number of allylic oxidation sites excluding steroid dienone is 2. The van der Waals surface area contributed by atoms with E-state index in [0.29, 0.717) is 18.4 Å². The second-order valence-electron chi connectivity index (χ2n) is 7.64. The van der Waals surface area contributed by atoms with E-state index >= 15 is 0 Å². The summed E-state index contributed by atoms with van der Waals surface area (Å²) < 4.78 is 2.18. The van der Waals surface area contributed by atoms with Crippen molar-refractivity contribution >= 4 is 22.4 Å². The maximum atomic E-state index is 13.2. The molecule has 0 radical (unpaired) electrons. The Morgan fingerprint density at radius 3 is 2.40 bits per heavy atom. The summed E-state index contributed by atoms with van der Waals surface area (Å²) in [6.45, 7) is 0. The molecule has 154 valence electrons. The zero-order chi connectivity index (χ0) is 21.6. The lowest BCUT2D eigenvalue weighted by atomic mass is 9.77. The highest BCUT2D eigenvalue weighted by Gasteiger charge is 2.35. The van der Waals surface area contributed by atoms with E-state index in [2.05, 4.69) is 0 Å². The first-order chi connectivity index (χ1) is 14.3. The molecule has 1 heterocycles. The Labute approximate surface area is 172 Å². The van der Waals surface area contributed by atoms with Crippen LogP contribution in [0.1, 0.15) is 36.3 Å². The molecule has 7 nitrogen and oxygen atoms in total. The van der Waals surface area contributed by atoms with Crippen molar-refractivity contribution in [1.29, 1.82) is 0 Å². The van der Waals surface area contributed by atoms with Gasteiger partial charge >= 0.3 is 5.69 Å². The molecule has 1 atom stereocenters. The number of fused-ring (bicyclic) bond motifs is 1. The van der Waals surface area contributed by atoms with Crippen LogP contribution >= 0.6 is 0 Å². The first-order valence-corrected chi connectivity index (χ1v) is 9.81. The molecule has 3 aromatic rings. The summed E-state index contributed by atoms with van der Waals surface area (Å²) in [7, 11) is 2.86. The van der Waals surface area contributed by atoms with Gasteiger partial charge < -0.3 is 10.8 Å². The molecule has 0 amide bonds. The van der Waals surface area contributed by atoms with Crippen molar-refractivity contribution in [2.45, 2.75) is 25.2 Å². The van der Waals surface area contributed by atoms with Gasteiger partial charge in [0.15, 0.2) is 5.78 Å². The van der Waals surface area contributed by atoms with Gasteiger partial charge in [-0.05, 0) is 22.8 Å². The third-order valence-corrected chi connectivity index (χ3v) is 5.89. The van der Waals surface area contributed by atoms with Gasteiger partial charge in [0.05, 0.1) is 17.2 Å². The van der Waals surface area contributed by atoms with E-state index in [1.807, 2.05) is 42.5 Å². The Bertz CT molecular complexity index is 1330. The molecule has 30 heavy (non-hydrogen) atoms. The zero-order valence-corrected chi connectivity index (χ0v) is 16.9. The van der Waals surface area contributed by atoms with Crippen molar-refractivity contribution in [3.63, 3.8) is 0 Å². The summed E-state index contributed by atoms with van der Waals surface area (Å²) in [4.78, 5) is 38.5. The Kier molecular flexibility index (Phi) is 4.81. The lowest BCUT2D eigenvalue weighted by Crippen LogP contribution is -2.42. The zero-order valence-electron chi connectivity index (χ0n) is 16.9. The second kappa shape index (κ2) is 7.33. The number of ketones is 1. The molecule has 0 saturated heterocycles. The molecule has 0 aliphatic heterocycles. The number of aliphatic hydroxyl groups is 1. The number of nitrogens with zero attached hydrogens (tertiary/aromatic N) is 2. The molecule has 0 fully saturated rings. The maximum absolute atomic E-state index is 13.2. The molecular formula is C23H23N3O4. The van der Waals surface area contributed by atoms with Gasteiger partial charge in [-0.3, -0.25) is 18.7 Å². The van der Waals surface area contributed by atoms with E-state index in [1.165, 1.54) is 18.7 Å². The van der Waals surface area contributed by atoms with Crippen molar-refractivity contribution in [2.24, 2.45) is 14.1 Å². The van der Waals surface area contributed by atoms with Gasteiger partial charge in [-0.25, -0.2) is 4.79 Å². The molecule has 4 rings (SSSR count). The topological polar surface area (TPSA) is 107 Å². The van der Waals surface area contributed by atoms with Gasteiger partial charge in [0.1, 0.15) is 5.82 Å². The van der Waals surface area contributed by atoms with E-state index in [-0.39, 0.29) is 34.9 Å². The molecule has 1 unspecified atom stereocenters. The standard InChI is InChI=1S/C23H23N3O4/c1-25-21(24)20(22(29)26(2)23(25)30)18(19-16(27)11-6-12-17(19)28)15-10-5-8-13-7-3-4-9-14(13)15/h3-5,7-10,18,27H,6,11-12,24H2,1-2H3. The normalized spacial score (nSPS) is 15.6. The van der Waals surface area contributed by atoms with Crippen molar-refractivity contribution in [2.75, 3.05) is 5.73 Å². The number of aromatic nitrogens is 2. The van der Waals surface area contributed by atoms with Crippen molar-refractivity contribution < 1.29 is 9.90 Å². The van der Waals surface area contributed by atoms with E-state index in [0.717, 1.165) is 15.3 Å². The lowest BCUT2D eigenvalue weighted by molar-refractivity contribution is -0.116. The summed E-state index contributed by atoms with van der Waals surface area (Å²) in [6.07, 6.45) is 1.19. The molecule has 1 aliphatic carbocycles. The van der Waals surface area contributed by atoms with Crippen LogP contribution in [0, 0.1) is 0 Å². The molecule has 0 bridgehead atoms. The van der Waals surface area contributed by atoms with Crippen molar-refractivity contribution in [3.05, 3.63) is 85.8 Å². The number of carbonyl (C=O) groups is 1. The monoisotopic (exact) mass is 405 g/mol. The Hall–Kier alpha value is -3.61. The molecular weight excluding hydrogens is 382 g/mol. The quantitative estimate of drug-likeness (QED) is 0.696. The van der Waals surface area contributed by atoms with E-state index in [1.54, 1.807) is 0 Å². The molecule has 7 heteroatoms. The minimum absolute atomic E-state index is 0.0142. The fourth-order valence-electron chi connectivity index (χ4n) is 4.29. The molecule has 3 N–H and O–H groups in total. The summed E-state index contributed by atoms with van der Waals surface area (Å²) in [5, 5.41) is 12.5. The predicted molar refractivity (Wildman–Crippen MR) is 116 cm³/mol. The Morgan fingerprint density at radius 2 is 1.67 bits per heavy atom. The number of rotatable bonds is 3. The highest BCUT2D eigenvalue weighted by Crippen LogP contribution is 2.40. The van der Waals surface area contributed by atoms with Crippen LogP contribution in [0.2, 0.25) is 0 Å². The number of Topliss-reactive ketones (excluding diaryl/α,β-unsaturated/α-hetero) is 1. The number of carbonyl (C=O) groups excluding carboxylic acids is 1. The molecule has 1 aromatic heterocycles. The number of nitrogen functional groups attached to an aromatic ring is 1. The lowest BCUT2D eigenvalue weighted by Gasteiger charge is -2.27. The van der Waals surface area contributed by atoms with Crippen LogP contribution in [0.3, 0.4) is 0 Å². The van der Waals surface area contributed by atoms with Crippen LogP contribution in [-0.2, 0) is 18.9 Å². The summed E-state index contributed by atoms with van der Waals surface area (Å²) in [5.41, 5.74) is 6.13. The second-order valence-corrected chi connectivity index (χ2v) is 7.64. The van der Waals surface area contributed by atoms with Crippen LogP contribution in [0.4, 0.5) is 5.82 Å². The van der Waals surface area contributed by atoms with Gasteiger partial charge in [-0.1, -0.05) is 42.5 Å². The minimum Gasteiger partial charge on any atom is -0.512 e. The number of hydrogen-bond acceptors (Lipinski definition) is 5. The number of aliphatic hydroxyl groups excluding tert-OH is 1. The first-order valence-electron chi connectivity index (χ1n) is 9.81. The van der Waals surface area contributed by atoms with Gasteiger partial charge in [0.25, 0.3) is 5.56 Å². The molecule has 2 aromatic carbocycles. The number of benzene rings is 2. The fourth-order valence-corrected chi connectivity index (χ4v) is 4.29.